The molecule has 0 spiro atoms. The lowest BCUT2D eigenvalue weighted by atomic mass is 9.96. The molecule has 1 amide bonds. The van der Waals surface area contributed by atoms with E-state index in [4.69, 9.17) is 0 Å². The van der Waals surface area contributed by atoms with E-state index >= 15 is 0 Å². The molecule has 0 aliphatic carbocycles. The molecule has 1 aromatic carbocycles. The average Bonchev–Trinajstić information content (AvgIpc) is 2.75. The van der Waals surface area contributed by atoms with Gasteiger partial charge >= 0.3 is 0 Å². The standard InChI is InChI=1S/C15H22N2O/c1-11(2)8-14(12-6-4-3-5-7-12)17-13-9-15(18)16-10-13/h3-7,11,13-14,17H,8-10H2,1-2H3,(H,16,18). The molecule has 3 nitrogen and oxygen atoms in total. The SMILES string of the molecule is CC(C)CC(NC1CNC(=O)C1)c1ccccc1. The molecule has 0 saturated carbocycles. The topological polar surface area (TPSA) is 41.1 Å². The van der Waals surface area contributed by atoms with Gasteiger partial charge in [-0.15, -0.1) is 0 Å². The molecule has 1 aliphatic heterocycles. The van der Waals surface area contributed by atoms with Crippen LogP contribution in [0.1, 0.15) is 38.3 Å². The second-order valence-electron chi connectivity index (χ2n) is 5.46. The summed E-state index contributed by atoms with van der Waals surface area (Å²) in [6, 6.07) is 11.1. The molecule has 1 fully saturated rings. The van der Waals surface area contributed by atoms with E-state index in [0.29, 0.717) is 18.4 Å². The van der Waals surface area contributed by atoms with E-state index in [9.17, 15) is 4.79 Å². The van der Waals surface area contributed by atoms with Crippen LogP contribution in [0.3, 0.4) is 0 Å². The number of carbonyl (C=O) groups excluding carboxylic acids is 1. The predicted octanol–water partition coefficient (Wildman–Crippen LogP) is 2.25. The zero-order valence-corrected chi connectivity index (χ0v) is 11.1. The van der Waals surface area contributed by atoms with Crippen molar-refractivity contribution in [3.8, 4) is 0 Å². The molecular weight excluding hydrogens is 224 g/mol. The second-order valence-corrected chi connectivity index (χ2v) is 5.46. The Bertz CT molecular complexity index is 389. The molecule has 18 heavy (non-hydrogen) atoms. The molecule has 2 rings (SSSR count). The van der Waals surface area contributed by atoms with Gasteiger partial charge in [0, 0.05) is 25.0 Å². The predicted molar refractivity (Wildman–Crippen MR) is 73.2 cm³/mol. The van der Waals surface area contributed by atoms with Gasteiger partial charge in [-0.1, -0.05) is 44.2 Å². The van der Waals surface area contributed by atoms with E-state index in [-0.39, 0.29) is 11.9 Å². The van der Waals surface area contributed by atoms with Crippen LogP contribution in [-0.4, -0.2) is 18.5 Å². The summed E-state index contributed by atoms with van der Waals surface area (Å²) < 4.78 is 0. The number of benzene rings is 1. The van der Waals surface area contributed by atoms with Gasteiger partial charge in [0.15, 0.2) is 0 Å². The molecule has 0 aromatic heterocycles. The number of hydrogen-bond donors (Lipinski definition) is 2. The maximum Gasteiger partial charge on any atom is 0.221 e. The number of hydrogen-bond acceptors (Lipinski definition) is 2. The first-order valence-electron chi connectivity index (χ1n) is 6.73. The quantitative estimate of drug-likeness (QED) is 0.836. The Kier molecular flexibility index (Phi) is 4.37. The molecule has 0 bridgehead atoms. The van der Waals surface area contributed by atoms with Crippen LogP contribution in [0.25, 0.3) is 0 Å². The molecule has 2 N–H and O–H groups in total. The zero-order chi connectivity index (χ0) is 13.0. The first-order chi connectivity index (χ1) is 8.65. The van der Waals surface area contributed by atoms with Gasteiger partial charge in [-0.05, 0) is 17.9 Å². The summed E-state index contributed by atoms with van der Waals surface area (Å²) in [6.07, 6.45) is 1.69. The smallest absolute Gasteiger partial charge is 0.221 e. The third-order valence-corrected chi connectivity index (χ3v) is 3.32. The van der Waals surface area contributed by atoms with Crippen molar-refractivity contribution >= 4 is 5.91 Å². The van der Waals surface area contributed by atoms with Crippen LogP contribution in [0, 0.1) is 5.92 Å². The number of carbonyl (C=O) groups is 1. The van der Waals surface area contributed by atoms with Crippen molar-refractivity contribution in [2.75, 3.05) is 6.54 Å². The molecule has 1 aliphatic rings. The lowest BCUT2D eigenvalue weighted by Gasteiger charge is -2.24. The third-order valence-electron chi connectivity index (χ3n) is 3.32. The van der Waals surface area contributed by atoms with Crippen LogP contribution >= 0.6 is 0 Å². The van der Waals surface area contributed by atoms with Crippen molar-refractivity contribution in [3.05, 3.63) is 35.9 Å². The first kappa shape index (κ1) is 13.1. The molecule has 0 radical (unpaired) electrons. The molecule has 1 saturated heterocycles. The Morgan fingerprint density at radius 3 is 2.61 bits per heavy atom. The van der Waals surface area contributed by atoms with Crippen LogP contribution in [0.5, 0.6) is 0 Å². The molecular formula is C15H22N2O. The van der Waals surface area contributed by atoms with Crippen molar-refractivity contribution in [1.82, 2.24) is 10.6 Å². The van der Waals surface area contributed by atoms with Gasteiger partial charge in [0.05, 0.1) is 0 Å². The fourth-order valence-corrected chi connectivity index (χ4v) is 2.46. The number of rotatable bonds is 5. The number of amides is 1. The molecule has 2 unspecified atom stereocenters. The molecule has 3 heteroatoms. The molecule has 1 heterocycles. The van der Waals surface area contributed by atoms with E-state index in [0.717, 1.165) is 13.0 Å². The van der Waals surface area contributed by atoms with Gasteiger partial charge in [0.25, 0.3) is 0 Å². The highest BCUT2D eigenvalue weighted by molar-refractivity contribution is 5.78. The highest BCUT2D eigenvalue weighted by Gasteiger charge is 2.24. The third kappa shape index (κ3) is 3.57. The minimum Gasteiger partial charge on any atom is -0.354 e. The monoisotopic (exact) mass is 246 g/mol. The van der Waals surface area contributed by atoms with E-state index in [1.807, 2.05) is 6.07 Å². The van der Waals surface area contributed by atoms with Gasteiger partial charge in [-0.2, -0.15) is 0 Å². The van der Waals surface area contributed by atoms with Crippen molar-refractivity contribution in [1.29, 1.82) is 0 Å². The van der Waals surface area contributed by atoms with Gasteiger partial charge in [-0.3, -0.25) is 4.79 Å². The summed E-state index contributed by atoms with van der Waals surface area (Å²) in [5.74, 6) is 0.789. The summed E-state index contributed by atoms with van der Waals surface area (Å²) >= 11 is 0. The van der Waals surface area contributed by atoms with Gasteiger partial charge < -0.3 is 10.6 Å². The Morgan fingerprint density at radius 1 is 1.33 bits per heavy atom. The van der Waals surface area contributed by atoms with Crippen LogP contribution in [-0.2, 0) is 4.79 Å². The van der Waals surface area contributed by atoms with Gasteiger partial charge in [0.2, 0.25) is 5.91 Å². The minimum atomic E-state index is 0.156. The lowest BCUT2D eigenvalue weighted by Crippen LogP contribution is -2.35. The highest BCUT2D eigenvalue weighted by atomic mass is 16.1. The van der Waals surface area contributed by atoms with Crippen LogP contribution in [0.4, 0.5) is 0 Å². The van der Waals surface area contributed by atoms with Crippen molar-refractivity contribution in [2.45, 2.75) is 38.8 Å². The van der Waals surface area contributed by atoms with E-state index in [1.165, 1.54) is 5.56 Å². The summed E-state index contributed by atoms with van der Waals surface area (Å²) in [5.41, 5.74) is 1.31. The van der Waals surface area contributed by atoms with Gasteiger partial charge in [0.1, 0.15) is 0 Å². The Labute approximate surface area is 109 Å². The Hall–Kier alpha value is -1.35. The summed E-state index contributed by atoms with van der Waals surface area (Å²) in [4.78, 5) is 11.2. The minimum absolute atomic E-state index is 0.156. The first-order valence-corrected chi connectivity index (χ1v) is 6.73. The lowest BCUT2D eigenvalue weighted by molar-refractivity contribution is -0.119. The summed E-state index contributed by atoms with van der Waals surface area (Å²) in [5, 5.41) is 6.49. The zero-order valence-electron chi connectivity index (χ0n) is 11.1. The fourth-order valence-electron chi connectivity index (χ4n) is 2.46. The highest BCUT2D eigenvalue weighted by Crippen LogP contribution is 2.22. The van der Waals surface area contributed by atoms with E-state index in [2.05, 4.69) is 48.7 Å². The maximum absolute atomic E-state index is 11.2. The van der Waals surface area contributed by atoms with Gasteiger partial charge in [-0.25, -0.2) is 0 Å². The van der Waals surface area contributed by atoms with Crippen molar-refractivity contribution in [2.24, 2.45) is 5.92 Å². The van der Waals surface area contributed by atoms with Crippen molar-refractivity contribution < 1.29 is 4.79 Å². The Morgan fingerprint density at radius 2 is 2.06 bits per heavy atom. The molecule has 2 atom stereocenters. The molecule has 98 valence electrons. The van der Waals surface area contributed by atoms with Crippen LogP contribution in [0.2, 0.25) is 0 Å². The largest absolute Gasteiger partial charge is 0.354 e. The summed E-state index contributed by atoms with van der Waals surface area (Å²) in [6.45, 7) is 5.21. The second kappa shape index (κ2) is 6.01. The fraction of sp³-hybridized carbons (Fsp3) is 0.533. The van der Waals surface area contributed by atoms with Crippen LogP contribution < -0.4 is 10.6 Å². The normalized spacial score (nSPS) is 21.1. The van der Waals surface area contributed by atoms with E-state index in [1.54, 1.807) is 0 Å². The van der Waals surface area contributed by atoms with Crippen molar-refractivity contribution in [3.63, 3.8) is 0 Å². The van der Waals surface area contributed by atoms with Crippen LogP contribution in [0.15, 0.2) is 30.3 Å². The Balaban J connectivity index is 2.03. The molecule has 1 aromatic rings. The average molecular weight is 246 g/mol. The maximum atomic E-state index is 11.2. The van der Waals surface area contributed by atoms with E-state index < -0.39 is 0 Å². The number of nitrogens with one attached hydrogen (secondary N) is 2. The summed E-state index contributed by atoms with van der Waals surface area (Å²) in [7, 11) is 0.